The molecule has 6 nitrogen and oxygen atoms in total. The van der Waals surface area contributed by atoms with Crippen molar-refractivity contribution in [1.29, 1.82) is 0 Å². The maximum Gasteiger partial charge on any atom is 0.203 e. The normalized spacial score (nSPS) is 21.6. The van der Waals surface area contributed by atoms with E-state index in [2.05, 4.69) is 27.2 Å². The van der Waals surface area contributed by atoms with Crippen LogP contribution < -0.4 is 19.5 Å². The smallest absolute Gasteiger partial charge is 0.203 e. The summed E-state index contributed by atoms with van der Waals surface area (Å²) in [6.07, 6.45) is 1.28. The second-order valence-electron chi connectivity index (χ2n) is 6.49. The van der Waals surface area contributed by atoms with E-state index in [1.807, 2.05) is 0 Å². The van der Waals surface area contributed by atoms with E-state index in [4.69, 9.17) is 14.2 Å². The van der Waals surface area contributed by atoms with Crippen molar-refractivity contribution in [2.75, 3.05) is 60.6 Å². The molecule has 1 N–H and O–H groups in total. The Morgan fingerprint density at radius 1 is 1.00 bits per heavy atom. The van der Waals surface area contributed by atoms with Gasteiger partial charge in [-0.2, -0.15) is 0 Å². The fourth-order valence-corrected chi connectivity index (χ4v) is 3.72. The van der Waals surface area contributed by atoms with E-state index in [9.17, 15) is 0 Å². The lowest BCUT2D eigenvalue weighted by molar-refractivity contribution is 0.0980. The van der Waals surface area contributed by atoms with Crippen LogP contribution in [-0.4, -0.2) is 76.4 Å². The Labute approximate surface area is 156 Å². The summed E-state index contributed by atoms with van der Waals surface area (Å²) in [5.41, 5.74) is 1.19. The summed E-state index contributed by atoms with van der Waals surface area (Å²) in [6, 6.07) is 4.83. The summed E-state index contributed by atoms with van der Waals surface area (Å²) in [5, 5.41) is 3.46. The molecule has 2 saturated heterocycles. The first-order valence-electron chi connectivity index (χ1n) is 8.71. The molecule has 25 heavy (non-hydrogen) atoms. The van der Waals surface area contributed by atoms with Crippen LogP contribution in [0.3, 0.4) is 0 Å². The first kappa shape index (κ1) is 20.1. The van der Waals surface area contributed by atoms with Crippen molar-refractivity contribution < 1.29 is 14.2 Å². The molecule has 2 aliphatic rings. The highest BCUT2D eigenvalue weighted by atomic mass is 35.5. The van der Waals surface area contributed by atoms with E-state index in [1.54, 1.807) is 21.3 Å². The summed E-state index contributed by atoms with van der Waals surface area (Å²) in [4.78, 5) is 5.13. The Bertz CT molecular complexity index is 519. The van der Waals surface area contributed by atoms with Gasteiger partial charge in [0.05, 0.1) is 21.3 Å². The number of nitrogens with one attached hydrogen (secondary N) is 1. The standard InChI is InChI=1S/C18H29N3O3.ClH/c1-22-16-10-14(11-17(23-2)18(16)24-3)13-20-6-8-21(9-7-20)15-4-5-19-12-15;/h10-11,15,19H,4-9,12-13H2,1-3H3;1H. The van der Waals surface area contributed by atoms with E-state index >= 15 is 0 Å². The van der Waals surface area contributed by atoms with E-state index in [1.165, 1.54) is 12.0 Å². The van der Waals surface area contributed by atoms with Gasteiger partial charge in [0, 0.05) is 45.3 Å². The molecule has 2 fully saturated rings. The molecule has 0 bridgehead atoms. The molecule has 0 aliphatic carbocycles. The Morgan fingerprint density at radius 3 is 2.12 bits per heavy atom. The van der Waals surface area contributed by atoms with Crippen LogP contribution in [0.2, 0.25) is 0 Å². The topological polar surface area (TPSA) is 46.2 Å². The molecule has 1 aromatic rings. The number of nitrogens with zero attached hydrogens (tertiary/aromatic N) is 2. The lowest BCUT2D eigenvalue weighted by Gasteiger charge is -2.37. The maximum absolute atomic E-state index is 5.45. The minimum absolute atomic E-state index is 0. The molecular weight excluding hydrogens is 342 g/mol. The lowest BCUT2D eigenvalue weighted by atomic mass is 10.1. The monoisotopic (exact) mass is 371 g/mol. The zero-order chi connectivity index (χ0) is 16.9. The van der Waals surface area contributed by atoms with Crippen molar-refractivity contribution in [3.8, 4) is 17.2 Å². The molecule has 0 saturated carbocycles. The van der Waals surface area contributed by atoms with Crippen molar-refractivity contribution in [3.63, 3.8) is 0 Å². The van der Waals surface area contributed by atoms with Gasteiger partial charge in [-0.15, -0.1) is 12.4 Å². The SMILES string of the molecule is COc1cc(CN2CCN(C3CCNC3)CC2)cc(OC)c1OC.Cl. The van der Waals surface area contributed by atoms with E-state index in [-0.39, 0.29) is 12.4 Å². The summed E-state index contributed by atoms with van der Waals surface area (Å²) in [6.45, 7) is 7.73. The fourth-order valence-electron chi connectivity index (χ4n) is 3.72. The van der Waals surface area contributed by atoms with E-state index in [0.29, 0.717) is 5.75 Å². The minimum Gasteiger partial charge on any atom is -0.493 e. The highest BCUT2D eigenvalue weighted by molar-refractivity contribution is 5.85. The van der Waals surface area contributed by atoms with Gasteiger partial charge in [0.1, 0.15) is 0 Å². The van der Waals surface area contributed by atoms with Crippen LogP contribution in [0.15, 0.2) is 12.1 Å². The molecule has 2 aliphatic heterocycles. The lowest BCUT2D eigenvalue weighted by Crippen LogP contribution is -2.50. The molecule has 1 unspecified atom stereocenters. The van der Waals surface area contributed by atoms with E-state index < -0.39 is 0 Å². The predicted octanol–water partition coefficient (Wildman–Crippen LogP) is 1.61. The van der Waals surface area contributed by atoms with E-state index in [0.717, 1.165) is 63.4 Å². The Balaban J connectivity index is 0.00000225. The van der Waals surface area contributed by atoms with Gasteiger partial charge in [0.15, 0.2) is 11.5 Å². The molecular formula is C18H30ClN3O3. The molecule has 0 radical (unpaired) electrons. The number of methoxy groups -OCH3 is 3. The number of benzene rings is 1. The van der Waals surface area contributed by atoms with Gasteiger partial charge in [-0.3, -0.25) is 9.80 Å². The highest BCUT2D eigenvalue weighted by Gasteiger charge is 2.26. The largest absolute Gasteiger partial charge is 0.493 e. The number of hydrogen-bond donors (Lipinski definition) is 1. The molecule has 1 aromatic carbocycles. The number of rotatable bonds is 6. The number of piperazine rings is 1. The summed E-state index contributed by atoms with van der Waals surface area (Å²) >= 11 is 0. The van der Waals surface area contributed by atoms with Crippen molar-refractivity contribution in [2.24, 2.45) is 0 Å². The van der Waals surface area contributed by atoms with Crippen molar-refractivity contribution in [2.45, 2.75) is 19.0 Å². The third kappa shape index (κ3) is 4.70. The first-order valence-corrected chi connectivity index (χ1v) is 8.71. The molecule has 3 rings (SSSR count). The number of halogens is 1. The van der Waals surface area contributed by atoms with Crippen LogP contribution in [0.4, 0.5) is 0 Å². The fraction of sp³-hybridized carbons (Fsp3) is 0.667. The van der Waals surface area contributed by atoms with Gasteiger partial charge < -0.3 is 19.5 Å². The zero-order valence-corrected chi connectivity index (χ0v) is 16.2. The van der Waals surface area contributed by atoms with Gasteiger partial charge in [0.2, 0.25) is 5.75 Å². The second-order valence-corrected chi connectivity index (χ2v) is 6.49. The van der Waals surface area contributed by atoms with Crippen LogP contribution in [0, 0.1) is 0 Å². The molecule has 142 valence electrons. The Morgan fingerprint density at radius 2 is 1.64 bits per heavy atom. The number of hydrogen-bond acceptors (Lipinski definition) is 6. The van der Waals surface area contributed by atoms with Crippen LogP contribution in [0.5, 0.6) is 17.2 Å². The van der Waals surface area contributed by atoms with Gasteiger partial charge in [0.25, 0.3) is 0 Å². The van der Waals surface area contributed by atoms with Crippen molar-refractivity contribution in [3.05, 3.63) is 17.7 Å². The van der Waals surface area contributed by atoms with Crippen LogP contribution in [0.25, 0.3) is 0 Å². The minimum atomic E-state index is 0. The maximum atomic E-state index is 5.45. The molecule has 2 heterocycles. The summed E-state index contributed by atoms with van der Waals surface area (Å²) in [7, 11) is 4.96. The Hall–Kier alpha value is -1.21. The summed E-state index contributed by atoms with van der Waals surface area (Å²) < 4.78 is 16.3. The van der Waals surface area contributed by atoms with Gasteiger partial charge in [-0.25, -0.2) is 0 Å². The number of ether oxygens (including phenoxy) is 3. The third-order valence-corrected chi connectivity index (χ3v) is 5.09. The summed E-state index contributed by atoms with van der Waals surface area (Å²) in [5.74, 6) is 2.10. The average Bonchev–Trinajstić information content (AvgIpc) is 3.16. The van der Waals surface area contributed by atoms with Crippen LogP contribution in [0.1, 0.15) is 12.0 Å². The second kappa shape index (κ2) is 9.48. The highest BCUT2D eigenvalue weighted by Crippen LogP contribution is 2.38. The molecule has 0 aromatic heterocycles. The molecule has 0 amide bonds. The first-order chi connectivity index (χ1) is 11.7. The van der Waals surface area contributed by atoms with Gasteiger partial charge >= 0.3 is 0 Å². The zero-order valence-electron chi connectivity index (χ0n) is 15.4. The molecule has 0 spiro atoms. The average molecular weight is 372 g/mol. The quantitative estimate of drug-likeness (QED) is 0.819. The molecule has 1 atom stereocenters. The third-order valence-electron chi connectivity index (χ3n) is 5.09. The van der Waals surface area contributed by atoms with Gasteiger partial charge in [-0.1, -0.05) is 0 Å². The van der Waals surface area contributed by atoms with Crippen LogP contribution >= 0.6 is 12.4 Å². The van der Waals surface area contributed by atoms with Crippen LogP contribution in [-0.2, 0) is 6.54 Å². The predicted molar refractivity (Wildman–Crippen MR) is 101 cm³/mol. The van der Waals surface area contributed by atoms with Crippen molar-refractivity contribution >= 4 is 12.4 Å². The van der Waals surface area contributed by atoms with Crippen molar-refractivity contribution in [1.82, 2.24) is 15.1 Å². The van der Waals surface area contributed by atoms with Gasteiger partial charge in [-0.05, 0) is 30.7 Å². The Kier molecular flexibility index (Phi) is 7.62. The molecule has 7 heteroatoms.